The molecule has 0 atom stereocenters. The summed E-state index contributed by atoms with van der Waals surface area (Å²) in [5, 5.41) is 0.922. The molecule has 4 heteroatoms. The third-order valence-corrected chi connectivity index (χ3v) is 2.76. The van der Waals surface area contributed by atoms with Crippen molar-refractivity contribution in [1.82, 2.24) is 9.97 Å². The number of aromatic nitrogens is 2. The molecule has 3 rings (SSSR count). The van der Waals surface area contributed by atoms with Crippen LogP contribution in [0.2, 0.25) is 0 Å². The molecule has 0 unspecified atom stereocenters. The molecular formula is C15H11N3O. The molecule has 0 amide bonds. The maximum Gasteiger partial charge on any atom is 0.205 e. The van der Waals surface area contributed by atoms with Gasteiger partial charge in [0.2, 0.25) is 5.89 Å². The van der Waals surface area contributed by atoms with Crippen molar-refractivity contribution in [1.29, 1.82) is 0 Å². The minimum atomic E-state index is 0.458. The zero-order valence-corrected chi connectivity index (χ0v) is 10.1. The standard InChI is InChI=1S/C15H11N3O/c16-15-11(4-3-7-14-17-8-9-19-14)10-18-13-6-2-1-5-12(13)15/h1-2,5-6,8-10H,7H2,(H2,16,18). The Bertz CT molecular complexity index is 767. The summed E-state index contributed by atoms with van der Waals surface area (Å²) in [4.78, 5) is 8.34. The molecule has 0 aliphatic rings. The molecule has 0 aliphatic carbocycles. The van der Waals surface area contributed by atoms with Gasteiger partial charge in [-0.15, -0.1) is 0 Å². The van der Waals surface area contributed by atoms with Gasteiger partial charge in [-0.2, -0.15) is 0 Å². The van der Waals surface area contributed by atoms with Gasteiger partial charge in [0.1, 0.15) is 6.26 Å². The van der Waals surface area contributed by atoms with Crippen LogP contribution in [0.3, 0.4) is 0 Å². The molecule has 0 fully saturated rings. The van der Waals surface area contributed by atoms with E-state index >= 15 is 0 Å². The van der Waals surface area contributed by atoms with E-state index < -0.39 is 0 Å². The highest BCUT2D eigenvalue weighted by Crippen LogP contribution is 2.21. The van der Waals surface area contributed by atoms with Crippen LogP contribution in [-0.2, 0) is 6.42 Å². The Hall–Kier alpha value is -2.80. The Kier molecular flexibility index (Phi) is 2.87. The second-order valence-electron chi connectivity index (χ2n) is 4.01. The number of anilines is 1. The molecule has 0 bridgehead atoms. The van der Waals surface area contributed by atoms with Crippen LogP contribution < -0.4 is 5.73 Å². The lowest BCUT2D eigenvalue weighted by Crippen LogP contribution is -1.94. The molecule has 92 valence electrons. The number of fused-ring (bicyclic) bond motifs is 1. The number of para-hydroxylation sites is 1. The highest BCUT2D eigenvalue weighted by molar-refractivity contribution is 5.92. The summed E-state index contributed by atoms with van der Waals surface area (Å²) in [5.41, 5.74) is 8.36. The van der Waals surface area contributed by atoms with Crippen molar-refractivity contribution in [3.8, 4) is 11.8 Å². The molecule has 0 radical (unpaired) electrons. The maximum atomic E-state index is 6.10. The largest absolute Gasteiger partial charge is 0.448 e. The van der Waals surface area contributed by atoms with Gasteiger partial charge in [-0.25, -0.2) is 4.98 Å². The molecule has 4 nitrogen and oxygen atoms in total. The van der Waals surface area contributed by atoms with Crippen molar-refractivity contribution in [2.45, 2.75) is 6.42 Å². The lowest BCUT2D eigenvalue weighted by atomic mass is 10.1. The molecule has 1 aromatic carbocycles. The van der Waals surface area contributed by atoms with Crippen LogP contribution in [0.1, 0.15) is 11.5 Å². The zero-order chi connectivity index (χ0) is 13.1. The SMILES string of the molecule is Nc1c(C#CCc2ncco2)cnc2ccccc12. The van der Waals surface area contributed by atoms with E-state index in [4.69, 9.17) is 10.2 Å². The van der Waals surface area contributed by atoms with Crippen LogP contribution >= 0.6 is 0 Å². The van der Waals surface area contributed by atoms with Crippen LogP contribution in [0.5, 0.6) is 0 Å². The number of hydrogen-bond donors (Lipinski definition) is 1. The smallest absolute Gasteiger partial charge is 0.205 e. The Labute approximate surface area is 110 Å². The minimum Gasteiger partial charge on any atom is -0.448 e. The van der Waals surface area contributed by atoms with E-state index in [-0.39, 0.29) is 0 Å². The van der Waals surface area contributed by atoms with Gasteiger partial charge in [0.15, 0.2) is 0 Å². The Morgan fingerprint density at radius 3 is 2.95 bits per heavy atom. The van der Waals surface area contributed by atoms with Crippen molar-refractivity contribution >= 4 is 16.6 Å². The Balaban J connectivity index is 1.93. The maximum absolute atomic E-state index is 6.10. The molecule has 2 heterocycles. The van der Waals surface area contributed by atoms with Gasteiger partial charge in [0.05, 0.1) is 29.4 Å². The first-order valence-corrected chi connectivity index (χ1v) is 5.85. The minimum absolute atomic E-state index is 0.458. The number of benzene rings is 1. The van der Waals surface area contributed by atoms with E-state index in [1.165, 1.54) is 6.26 Å². The van der Waals surface area contributed by atoms with Gasteiger partial charge < -0.3 is 10.2 Å². The molecule has 0 spiro atoms. The van der Waals surface area contributed by atoms with E-state index in [0.717, 1.165) is 16.5 Å². The quantitative estimate of drug-likeness (QED) is 0.672. The first-order valence-electron chi connectivity index (χ1n) is 5.85. The molecular weight excluding hydrogens is 238 g/mol. The summed E-state index contributed by atoms with van der Waals surface area (Å²) in [5.74, 6) is 6.59. The summed E-state index contributed by atoms with van der Waals surface area (Å²) in [6.45, 7) is 0. The average Bonchev–Trinajstić information content (AvgIpc) is 2.95. The van der Waals surface area contributed by atoms with E-state index in [9.17, 15) is 0 Å². The topological polar surface area (TPSA) is 64.9 Å². The number of nitrogens with zero attached hydrogens (tertiary/aromatic N) is 2. The molecule has 0 saturated carbocycles. The van der Waals surface area contributed by atoms with Gasteiger partial charge in [-0.3, -0.25) is 4.98 Å². The highest BCUT2D eigenvalue weighted by Gasteiger charge is 2.02. The van der Waals surface area contributed by atoms with Gasteiger partial charge in [-0.05, 0) is 6.07 Å². The Morgan fingerprint density at radius 2 is 2.11 bits per heavy atom. The lowest BCUT2D eigenvalue weighted by Gasteiger charge is -2.02. The number of hydrogen-bond acceptors (Lipinski definition) is 4. The van der Waals surface area contributed by atoms with E-state index in [0.29, 0.717) is 18.0 Å². The summed E-state index contributed by atoms with van der Waals surface area (Å²) in [6.07, 6.45) is 5.28. The first kappa shape index (κ1) is 11.3. The summed E-state index contributed by atoms with van der Waals surface area (Å²) in [7, 11) is 0. The van der Waals surface area contributed by atoms with E-state index in [1.807, 2.05) is 24.3 Å². The van der Waals surface area contributed by atoms with Crippen LogP contribution in [0.15, 0.2) is 47.3 Å². The van der Waals surface area contributed by atoms with Gasteiger partial charge in [0, 0.05) is 11.6 Å². The fraction of sp³-hybridized carbons (Fsp3) is 0.0667. The van der Waals surface area contributed by atoms with Crippen molar-refractivity contribution in [3.63, 3.8) is 0 Å². The van der Waals surface area contributed by atoms with Crippen LogP contribution in [0.25, 0.3) is 10.9 Å². The lowest BCUT2D eigenvalue weighted by molar-refractivity contribution is 0.511. The first-order chi connectivity index (χ1) is 9.34. The molecule has 2 aromatic heterocycles. The normalized spacial score (nSPS) is 10.1. The van der Waals surface area contributed by atoms with Crippen LogP contribution in [0, 0.1) is 11.8 Å². The predicted octanol–water partition coefficient (Wildman–Crippen LogP) is 2.40. The molecule has 2 N–H and O–H groups in total. The predicted molar refractivity (Wildman–Crippen MR) is 73.2 cm³/mol. The summed E-state index contributed by atoms with van der Waals surface area (Å²) in [6, 6.07) is 7.74. The van der Waals surface area contributed by atoms with Gasteiger partial charge in [0.25, 0.3) is 0 Å². The molecule has 0 saturated heterocycles. The van der Waals surface area contributed by atoms with Gasteiger partial charge >= 0.3 is 0 Å². The fourth-order valence-electron chi connectivity index (χ4n) is 1.82. The molecule has 0 aliphatic heterocycles. The molecule has 19 heavy (non-hydrogen) atoms. The van der Waals surface area contributed by atoms with Crippen LogP contribution in [-0.4, -0.2) is 9.97 Å². The zero-order valence-electron chi connectivity index (χ0n) is 10.1. The number of pyridine rings is 1. The van der Waals surface area contributed by atoms with E-state index in [1.54, 1.807) is 12.4 Å². The van der Waals surface area contributed by atoms with Crippen molar-refractivity contribution in [3.05, 3.63) is 54.4 Å². The Morgan fingerprint density at radius 1 is 1.21 bits per heavy atom. The van der Waals surface area contributed by atoms with Crippen molar-refractivity contribution < 1.29 is 4.42 Å². The van der Waals surface area contributed by atoms with Crippen molar-refractivity contribution in [2.75, 3.05) is 5.73 Å². The van der Waals surface area contributed by atoms with E-state index in [2.05, 4.69) is 21.8 Å². The van der Waals surface area contributed by atoms with Crippen LogP contribution in [0.4, 0.5) is 5.69 Å². The number of rotatable bonds is 1. The third-order valence-electron chi connectivity index (χ3n) is 2.76. The highest BCUT2D eigenvalue weighted by atomic mass is 16.3. The number of oxazole rings is 1. The average molecular weight is 249 g/mol. The van der Waals surface area contributed by atoms with Crippen molar-refractivity contribution in [2.24, 2.45) is 0 Å². The third kappa shape index (κ3) is 2.26. The number of nitrogens with two attached hydrogens (primary N) is 1. The number of nitrogen functional groups attached to an aromatic ring is 1. The second-order valence-corrected chi connectivity index (χ2v) is 4.01. The van der Waals surface area contributed by atoms with Gasteiger partial charge in [-0.1, -0.05) is 30.0 Å². The summed E-state index contributed by atoms with van der Waals surface area (Å²) < 4.78 is 5.11. The monoisotopic (exact) mass is 249 g/mol. The summed E-state index contributed by atoms with van der Waals surface area (Å²) >= 11 is 0. The second kappa shape index (κ2) is 4.83. The molecule has 3 aromatic rings. The fourth-order valence-corrected chi connectivity index (χ4v) is 1.82.